The fourth-order valence-corrected chi connectivity index (χ4v) is 2.90. The van der Waals surface area contributed by atoms with Crippen molar-refractivity contribution in [3.05, 3.63) is 35.0 Å². The minimum Gasteiger partial charge on any atom is -0.361 e. The highest BCUT2D eigenvalue weighted by molar-refractivity contribution is 5.87. The zero-order valence-electron chi connectivity index (χ0n) is 11.4. The van der Waals surface area contributed by atoms with Crippen LogP contribution in [-0.2, 0) is 0 Å². The van der Waals surface area contributed by atoms with Crippen LogP contribution in [0.5, 0.6) is 0 Å². The molecule has 0 aliphatic carbocycles. The Bertz CT molecular complexity index is 570. The Morgan fingerprint density at radius 3 is 2.89 bits per heavy atom. The molecule has 2 N–H and O–H groups in total. The molecule has 1 aliphatic heterocycles. The zero-order chi connectivity index (χ0) is 12.7. The highest BCUT2D eigenvalue weighted by atomic mass is 15.2. The van der Waals surface area contributed by atoms with E-state index >= 15 is 0 Å². The summed E-state index contributed by atoms with van der Waals surface area (Å²) in [7, 11) is 2.21. The van der Waals surface area contributed by atoms with Crippen molar-refractivity contribution in [3.8, 4) is 0 Å². The molecule has 3 nitrogen and oxygen atoms in total. The maximum absolute atomic E-state index is 3.49. The lowest BCUT2D eigenvalue weighted by atomic mass is 10.00. The third-order valence-corrected chi connectivity index (χ3v) is 4.29. The normalized spacial score (nSPS) is 21.6. The van der Waals surface area contributed by atoms with E-state index < -0.39 is 0 Å². The summed E-state index contributed by atoms with van der Waals surface area (Å²) in [6.07, 6.45) is 2.19. The fourth-order valence-electron chi connectivity index (χ4n) is 2.90. The van der Waals surface area contributed by atoms with Crippen LogP contribution in [-0.4, -0.2) is 36.6 Å². The molecule has 1 saturated heterocycles. The predicted molar refractivity (Wildman–Crippen MR) is 76.0 cm³/mol. The molecule has 0 spiro atoms. The molecule has 96 valence electrons. The van der Waals surface area contributed by atoms with Crippen molar-refractivity contribution in [1.82, 2.24) is 15.2 Å². The van der Waals surface area contributed by atoms with Crippen LogP contribution in [0.1, 0.15) is 22.7 Å². The van der Waals surface area contributed by atoms with E-state index in [1.807, 2.05) is 0 Å². The van der Waals surface area contributed by atoms with Crippen LogP contribution in [0.25, 0.3) is 10.9 Å². The summed E-state index contributed by atoms with van der Waals surface area (Å²) >= 11 is 0. The number of rotatable bonds is 1. The van der Waals surface area contributed by atoms with E-state index in [-0.39, 0.29) is 0 Å². The van der Waals surface area contributed by atoms with Crippen LogP contribution < -0.4 is 5.32 Å². The number of aryl methyl sites for hydroxylation is 2. The van der Waals surface area contributed by atoms with Gasteiger partial charge in [0.05, 0.1) is 0 Å². The van der Waals surface area contributed by atoms with Crippen molar-refractivity contribution in [2.75, 3.05) is 26.7 Å². The molecule has 0 radical (unpaired) electrons. The molecule has 3 rings (SSSR count). The Hall–Kier alpha value is -1.32. The zero-order valence-corrected chi connectivity index (χ0v) is 11.4. The lowest BCUT2D eigenvalue weighted by Gasteiger charge is -2.33. The highest BCUT2D eigenvalue weighted by Crippen LogP contribution is 2.30. The smallest absolute Gasteiger partial charge is 0.0491 e. The molecule has 1 aromatic carbocycles. The summed E-state index contributed by atoms with van der Waals surface area (Å²) in [5.74, 6) is 0. The van der Waals surface area contributed by atoms with Gasteiger partial charge in [-0.1, -0.05) is 12.1 Å². The second-order valence-electron chi connectivity index (χ2n) is 5.37. The topological polar surface area (TPSA) is 31.1 Å². The quantitative estimate of drug-likeness (QED) is 0.805. The van der Waals surface area contributed by atoms with Gasteiger partial charge >= 0.3 is 0 Å². The summed E-state index contributed by atoms with van der Waals surface area (Å²) in [4.78, 5) is 5.90. The highest BCUT2D eigenvalue weighted by Gasteiger charge is 2.23. The summed E-state index contributed by atoms with van der Waals surface area (Å²) in [5.41, 5.74) is 5.43. The number of benzene rings is 1. The van der Waals surface area contributed by atoms with E-state index in [1.165, 1.54) is 27.6 Å². The molecule has 2 aromatic rings. The van der Waals surface area contributed by atoms with Gasteiger partial charge in [0.1, 0.15) is 0 Å². The van der Waals surface area contributed by atoms with Crippen molar-refractivity contribution in [2.45, 2.75) is 19.9 Å². The number of fused-ring (bicyclic) bond motifs is 1. The summed E-state index contributed by atoms with van der Waals surface area (Å²) in [6, 6.07) is 4.96. The van der Waals surface area contributed by atoms with E-state index in [4.69, 9.17) is 0 Å². The molecule has 0 saturated carbocycles. The number of likely N-dealkylation sites (N-methyl/N-ethyl adjacent to an activating group) is 1. The number of piperazine rings is 1. The van der Waals surface area contributed by atoms with Crippen molar-refractivity contribution < 1.29 is 0 Å². The van der Waals surface area contributed by atoms with Crippen LogP contribution in [0.2, 0.25) is 0 Å². The molecule has 1 atom stereocenters. The Kier molecular flexibility index (Phi) is 2.88. The lowest BCUT2D eigenvalue weighted by molar-refractivity contribution is 0.203. The SMILES string of the molecule is Cc1ccc2c(C3CNCCN3C)c[nH]c2c1C. The molecule has 1 fully saturated rings. The van der Waals surface area contributed by atoms with Gasteiger partial charge in [-0.05, 0) is 37.6 Å². The summed E-state index contributed by atoms with van der Waals surface area (Å²) < 4.78 is 0. The van der Waals surface area contributed by atoms with Crippen LogP contribution >= 0.6 is 0 Å². The molecule has 0 amide bonds. The number of nitrogens with one attached hydrogen (secondary N) is 2. The van der Waals surface area contributed by atoms with Crippen LogP contribution in [0.15, 0.2) is 18.3 Å². The van der Waals surface area contributed by atoms with E-state index in [1.54, 1.807) is 0 Å². The first-order valence-corrected chi connectivity index (χ1v) is 6.66. The van der Waals surface area contributed by atoms with E-state index in [0.717, 1.165) is 19.6 Å². The van der Waals surface area contributed by atoms with Crippen molar-refractivity contribution in [2.24, 2.45) is 0 Å². The first kappa shape index (κ1) is 11.8. The van der Waals surface area contributed by atoms with Crippen LogP contribution in [0, 0.1) is 13.8 Å². The molecule has 1 aliphatic rings. The van der Waals surface area contributed by atoms with E-state index in [0.29, 0.717) is 6.04 Å². The van der Waals surface area contributed by atoms with Gasteiger partial charge in [0.15, 0.2) is 0 Å². The van der Waals surface area contributed by atoms with Crippen LogP contribution in [0.4, 0.5) is 0 Å². The van der Waals surface area contributed by atoms with Gasteiger partial charge in [-0.3, -0.25) is 4.90 Å². The standard InChI is InChI=1S/C15H21N3/c1-10-4-5-12-13(8-17-15(12)11(10)2)14-9-16-6-7-18(14)3/h4-5,8,14,16-17H,6-7,9H2,1-3H3. The fraction of sp³-hybridized carbons (Fsp3) is 0.467. The van der Waals surface area contributed by atoms with Gasteiger partial charge in [-0.15, -0.1) is 0 Å². The first-order valence-electron chi connectivity index (χ1n) is 6.66. The van der Waals surface area contributed by atoms with Crippen molar-refractivity contribution in [1.29, 1.82) is 0 Å². The first-order chi connectivity index (χ1) is 8.68. The molecular formula is C15H21N3. The number of nitrogens with zero attached hydrogens (tertiary/aromatic N) is 1. The molecule has 1 unspecified atom stereocenters. The minimum absolute atomic E-state index is 0.481. The van der Waals surface area contributed by atoms with Crippen molar-refractivity contribution in [3.63, 3.8) is 0 Å². The Balaban J connectivity index is 2.10. The third kappa shape index (κ3) is 1.74. The largest absolute Gasteiger partial charge is 0.361 e. The number of H-pyrrole nitrogens is 1. The van der Waals surface area contributed by atoms with Crippen LogP contribution in [0.3, 0.4) is 0 Å². The number of aromatic nitrogens is 1. The maximum atomic E-state index is 3.49. The second kappa shape index (κ2) is 4.41. The Morgan fingerprint density at radius 1 is 1.28 bits per heavy atom. The minimum atomic E-state index is 0.481. The average Bonchev–Trinajstić information content (AvgIpc) is 2.79. The second-order valence-corrected chi connectivity index (χ2v) is 5.37. The average molecular weight is 243 g/mol. The van der Waals surface area contributed by atoms with E-state index in [9.17, 15) is 0 Å². The number of hydrogen-bond donors (Lipinski definition) is 2. The molecule has 18 heavy (non-hydrogen) atoms. The third-order valence-electron chi connectivity index (χ3n) is 4.29. The van der Waals surface area contributed by atoms with Gasteiger partial charge < -0.3 is 10.3 Å². The molecular weight excluding hydrogens is 222 g/mol. The van der Waals surface area contributed by atoms with Crippen molar-refractivity contribution >= 4 is 10.9 Å². The maximum Gasteiger partial charge on any atom is 0.0491 e. The monoisotopic (exact) mass is 243 g/mol. The van der Waals surface area contributed by atoms with Gasteiger partial charge in [0.25, 0.3) is 0 Å². The molecule has 0 bridgehead atoms. The van der Waals surface area contributed by atoms with Gasteiger partial charge in [-0.25, -0.2) is 0 Å². The molecule has 1 aromatic heterocycles. The lowest BCUT2D eigenvalue weighted by Crippen LogP contribution is -2.43. The Labute approximate surface area is 108 Å². The predicted octanol–water partition coefficient (Wildman–Crippen LogP) is 2.36. The summed E-state index contributed by atoms with van der Waals surface area (Å²) in [5, 5.41) is 4.86. The van der Waals surface area contributed by atoms with Gasteiger partial charge in [-0.2, -0.15) is 0 Å². The molecule has 2 heterocycles. The van der Waals surface area contributed by atoms with Gasteiger partial charge in [0, 0.05) is 42.8 Å². The van der Waals surface area contributed by atoms with E-state index in [2.05, 4.69) is 54.4 Å². The number of aromatic amines is 1. The van der Waals surface area contributed by atoms with Gasteiger partial charge in [0.2, 0.25) is 0 Å². The summed E-state index contributed by atoms with van der Waals surface area (Å²) in [6.45, 7) is 7.61. The molecule has 3 heteroatoms. The number of hydrogen-bond acceptors (Lipinski definition) is 2. The Morgan fingerprint density at radius 2 is 2.11 bits per heavy atom.